The van der Waals surface area contributed by atoms with Crippen LogP contribution in [0.5, 0.6) is 0 Å². The highest BCUT2D eigenvalue weighted by atomic mass is 16.1. The van der Waals surface area contributed by atoms with E-state index in [0.717, 1.165) is 29.1 Å². The van der Waals surface area contributed by atoms with Crippen LogP contribution in [-0.4, -0.2) is 28.0 Å². The minimum Gasteiger partial charge on any atom is -0.351 e. The molecular formula is C26H28N6O. The van der Waals surface area contributed by atoms with Gasteiger partial charge in [-0.2, -0.15) is 4.98 Å². The first-order valence-corrected chi connectivity index (χ1v) is 10.9. The van der Waals surface area contributed by atoms with Crippen LogP contribution in [0.25, 0.3) is 11.1 Å². The van der Waals surface area contributed by atoms with Crippen molar-refractivity contribution in [2.45, 2.75) is 25.9 Å². The zero-order valence-electron chi connectivity index (χ0n) is 18.8. The summed E-state index contributed by atoms with van der Waals surface area (Å²) in [5, 5.41) is 3.38. The Morgan fingerprint density at radius 2 is 1.85 bits per heavy atom. The summed E-state index contributed by atoms with van der Waals surface area (Å²) in [6.07, 6.45) is 4.25. The number of aromatic amines is 1. The second-order valence-corrected chi connectivity index (χ2v) is 8.04. The Morgan fingerprint density at radius 1 is 1.06 bits per heavy atom. The molecule has 0 saturated carbocycles. The van der Waals surface area contributed by atoms with Crippen LogP contribution < -0.4 is 21.5 Å². The largest absolute Gasteiger partial charge is 0.351 e. The van der Waals surface area contributed by atoms with Crippen molar-refractivity contribution in [2.75, 3.05) is 17.3 Å². The predicted molar refractivity (Wildman–Crippen MR) is 134 cm³/mol. The van der Waals surface area contributed by atoms with E-state index in [4.69, 9.17) is 5.73 Å². The molecule has 0 aliphatic carbocycles. The van der Waals surface area contributed by atoms with Gasteiger partial charge in [0.1, 0.15) is 5.82 Å². The van der Waals surface area contributed by atoms with E-state index in [1.807, 2.05) is 66.5 Å². The van der Waals surface area contributed by atoms with Crippen molar-refractivity contribution >= 4 is 17.5 Å². The summed E-state index contributed by atoms with van der Waals surface area (Å²) in [6, 6.07) is 21.8. The van der Waals surface area contributed by atoms with Gasteiger partial charge in [-0.3, -0.25) is 4.79 Å². The molecule has 7 nitrogen and oxygen atoms in total. The van der Waals surface area contributed by atoms with E-state index in [0.29, 0.717) is 18.1 Å². The van der Waals surface area contributed by atoms with E-state index in [1.165, 1.54) is 5.56 Å². The average Bonchev–Trinajstić information content (AvgIpc) is 2.84. The minimum atomic E-state index is -0.129. The zero-order chi connectivity index (χ0) is 23.2. The van der Waals surface area contributed by atoms with Crippen LogP contribution in [0, 0.1) is 0 Å². The van der Waals surface area contributed by atoms with Gasteiger partial charge in [0.25, 0.3) is 5.56 Å². The first kappa shape index (κ1) is 22.2. The monoisotopic (exact) mass is 440 g/mol. The molecule has 4 rings (SSSR count). The van der Waals surface area contributed by atoms with Gasteiger partial charge in [0, 0.05) is 37.6 Å². The number of pyridine rings is 1. The Morgan fingerprint density at radius 3 is 2.64 bits per heavy atom. The van der Waals surface area contributed by atoms with Crippen molar-refractivity contribution in [3.05, 3.63) is 101 Å². The molecule has 2 heterocycles. The van der Waals surface area contributed by atoms with E-state index < -0.39 is 0 Å². The number of hydrogen-bond acceptors (Lipinski definition) is 6. The van der Waals surface area contributed by atoms with E-state index in [2.05, 4.69) is 39.3 Å². The molecule has 33 heavy (non-hydrogen) atoms. The van der Waals surface area contributed by atoms with E-state index in [9.17, 15) is 4.79 Å². The lowest BCUT2D eigenvalue weighted by Crippen LogP contribution is -2.21. The first-order valence-electron chi connectivity index (χ1n) is 10.9. The number of nitrogens with one attached hydrogen (secondary N) is 2. The number of rotatable bonds is 8. The summed E-state index contributed by atoms with van der Waals surface area (Å²) in [5.41, 5.74) is 10.3. The molecular weight excluding hydrogens is 412 g/mol. The topological polar surface area (TPSA) is 99.9 Å². The maximum absolute atomic E-state index is 12.4. The molecule has 0 radical (unpaired) electrons. The SMILES string of the molecule is C[C@H](Cc1cccc(CN)c1)Nc1nccc(N(C)c2c[nH]c(=O)c(-c3ccccc3)c2)n1. The number of hydrogen-bond donors (Lipinski definition) is 3. The average molecular weight is 441 g/mol. The second-order valence-electron chi connectivity index (χ2n) is 8.04. The number of nitrogens with two attached hydrogens (primary N) is 1. The normalized spacial score (nSPS) is 11.7. The summed E-state index contributed by atoms with van der Waals surface area (Å²) in [6.45, 7) is 2.63. The fourth-order valence-corrected chi connectivity index (χ4v) is 3.74. The molecule has 4 N–H and O–H groups in total. The van der Waals surface area contributed by atoms with Gasteiger partial charge in [0.05, 0.1) is 5.69 Å². The Kier molecular flexibility index (Phi) is 6.80. The highest BCUT2D eigenvalue weighted by Gasteiger charge is 2.12. The summed E-state index contributed by atoms with van der Waals surface area (Å²) in [5.74, 6) is 1.27. The molecule has 0 bridgehead atoms. The third kappa shape index (κ3) is 5.45. The number of aromatic nitrogens is 3. The van der Waals surface area contributed by atoms with Crippen molar-refractivity contribution < 1.29 is 0 Å². The second kappa shape index (κ2) is 10.1. The van der Waals surface area contributed by atoms with Crippen LogP contribution in [0.4, 0.5) is 17.5 Å². The molecule has 0 amide bonds. The van der Waals surface area contributed by atoms with Crippen molar-refractivity contribution in [3.8, 4) is 11.1 Å². The molecule has 0 saturated heterocycles. The molecule has 7 heteroatoms. The van der Waals surface area contributed by atoms with Crippen molar-refractivity contribution in [1.29, 1.82) is 0 Å². The van der Waals surface area contributed by atoms with Gasteiger partial charge in [-0.15, -0.1) is 0 Å². The lowest BCUT2D eigenvalue weighted by atomic mass is 10.0. The van der Waals surface area contributed by atoms with Gasteiger partial charge in [0.15, 0.2) is 0 Å². The molecule has 0 spiro atoms. The summed E-state index contributed by atoms with van der Waals surface area (Å²) in [4.78, 5) is 26.2. The van der Waals surface area contributed by atoms with E-state index in [-0.39, 0.29) is 11.6 Å². The Hall–Kier alpha value is -3.97. The minimum absolute atomic E-state index is 0.129. The van der Waals surface area contributed by atoms with Crippen LogP contribution in [-0.2, 0) is 13.0 Å². The van der Waals surface area contributed by atoms with Gasteiger partial charge in [-0.1, -0.05) is 54.6 Å². The quantitative estimate of drug-likeness (QED) is 0.381. The van der Waals surface area contributed by atoms with Crippen molar-refractivity contribution in [1.82, 2.24) is 15.0 Å². The highest BCUT2D eigenvalue weighted by molar-refractivity contribution is 5.69. The van der Waals surface area contributed by atoms with Crippen molar-refractivity contribution in [3.63, 3.8) is 0 Å². The molecule has 0 fully saturated rings. The lowest BCUT2D eigenvalue weighted by molar-refractivity contribution is 0.775. The van der Waals surface area contributed by atoms with E-state index >= 15 is 0 Å². The maximum atomic E-state index is 12.4. The fourth-order valence-electron chi connectivity index (χ4n) is 3.74. The molecule has 0 unspecified atom stereocenters. The lowest BCUT2D eigenvalue weighted by Gasteiger charge is -2.20. The molecule has 1 atom stereocenters. The number of anilines is 3. The van der Waals surface area contributed by atoms with E-state index in [1.54, 1.807) is 12.4 Å². The van der Waals surface area contributed by atoms with Crippen LogP contribution in [0.2, 0.25) is 0 Å². The summed E-state index contributed by atoms with van der Waals surface area (Å²) >= 11 is 0. The fraction of sp³-hybridized carbons (Fsp3) is 0.192. The standard InChI is InChI=1S/C26H28N6O/c1-18(13-19-7-6-8-20(14-19)16-27)30-26-28-12-11-24(31-26)32(2)22-15-23(25(33)29-17-22)21-9-4-3-5-10-21/h3-12,14-15,17-18H,13,16,27H2,1-2H3,(H,29,33)(H,28,30,31)/t18-/m1/s1. The predicted octanol–water partition coefficient (Wildman–Crippen LogP) is 4.10. The molecule has 2 aromatic carbocycles. The first-order chi connectivity index (χ1) is 16.0. The van der Waals surface area contributed by atoms with Crippen LogP contribution in [0.1, 0.15) is 18.1 Å². The van der Waals surface area contributed by atoms with Crippen LogP contribution >= 0.6 is 0 Å². The summed E-state index contributed by atoms with van der Waals surface area (Å²) < 4.78 is 0. The molecule has 2 aromatic heterocycles. The number of benzene rings is 2. The Bertz CT molecular complexity index is 1270. The Labute approximate surface area is 193 Å². The number of H-pyrrole nitrogens is 1. The van der Waals surface area contributed by atoms with Crippen LogP contribution in [0.15, 0.2) is 83.9 Å². The van der Waals surface area contributed by atoms with Gasteiger partial charge >= 0.3 is 0 Å². The summed E-state index contributed by atoms with van der Waals surface area (Å²) in [7, 11) is 1.91. The zero-order valence-corrected chi connectivity index (χ0v) is 18.8. The molecule has 0 aliphatic rings. The molecule has 0 aliphatic heterocycles. The van der Waals surface area contributed by atoms with Crippen LogP contribution in [0.3, 0.4) is 0 Å². The Balaban J connectivity index is 1.51. The van der Waals surface area contributed by atoms with Gasteiger partial charge < -0.3 is 20.9 Å². The smallest absolute Gasteiger partial charge is 0.255 e. The van der Waals surface area contributed by atoms with Gasteiger partial charge in [-0.05, 0) is 42.2 Å². The highest BCUT2D eigenvalue weighted by Crippen LogP contribution is 2.25. The van der Waals surface area contributed by atoms with Gasteiger partial charge in [-0.25, -0.2) is 4.98 Å². The molecule has 168 valence electrons. The maximum Gasteiger partial charge on any atom is 0.255 e. The number of nitrogens with zero attached hydrogens (tertiary/aromatic N) is 3. The molecule has 4 aromatic rings. The van der Waals surface area contributed by atoms with Gasteiger partial charge in [0.2, 0.25) is 5.95 Å². The van der Waals surface area contributed by atoms with Crippen molar-refractivity contribution in [2.24, 2.45) is 5.73 Å². The third-order valence-electron chi connectivity index (χ3n) is 5.49. The third-order valence-corrected chi connectivity index (χ3v) is 5.49.